The van der Waals surface area contributed by atoms with Gasteiger partial charge in [0, 0.05) is 6.07 Å². The molecule has 12 heavy (non-hydrogen) atoms. The van der Waals surface area contributed by atoms with Gasteiger partial charge in [-0.15, -0.1) is 11.6 Å². The molecule has 64 valence electrons. The number of halogens is 2. The molecule has 0 aromatic carbocycles. The Morgan fingerprint density at radius 3 is 2.83 bits per heavy atom. The highest BCUT2D eigenvalue weighted by atomic mass is 79.9. The summed E-state index contributed by atoms with van der Waals surface area (Å²) in [6.45, 7) is 0. The summed E-state index contributed by atoms with van der Waals surface area (Å²) in [6.07, 6.45) is 0. The van der Waals surface area contributed by atoms with Crippen LogP contribution in [0, 0.1) is 10.1 Å². The van der Waals surface area contributed by atoms with Crippen molar-refractivity contribution in [2.75, 3.05) is 0 Å². The maximum atomic E-state index is 10.3. The third-order valence-electron chi connectivity index (χ3n) is 1.22. The van der Waals surface area contributed by atoms with Gasteiger partial charge in [-0.1, -0.05) is 0 Å². The molecule has 0 saturated carbocycles. The van der Waals surface area contributed by atoms with Crippen LogP contribution in [0.15, 0.2) is 16.6 Å². The van der Waals surface area contributed by atoms with Crippen LogP contribution in [0.2, 0.25) is 0 Å². The van der Waals surface area contributed by atoms with E-state index >= 15 is 0 Å². The van der Waals surface area contributed by atoms with Crippen LogP contribution in [0.25, 0.3) is 0 Å². The molecule has 0 fully saturated rings. The molecule has 0 atom stereocenters. The molecule has 0 unspecified atom stereocenters. The van der Waals surface area contributed by atoms with Gasteiger partial charge in [-0.3, -0.25) is 0 Å². The van der Waals surface area contributed by atoms with Crippen LogP contribution >= 0.6 is 27.5 Å². The molecule has 0 N–H and O–H groups in total. The summed E-state index contributed by atoms with van der Waals surface area (Å²) in [7, 11) is 0. The van der Waals surface area contributed by atoms with Gasteiger partial charge in [0.2, 0.25) is 0 Å². The molecule has 0 aliphatic heterocycles. The van der Waals surface area contributed by atoms with Crippen LogP contribution < -0.4 is 0 Å². The minimum Gasteiger partial charge on any atom is -0.358 e. The number of rotatable bonds is 2. The van der Waals surface area contributed by atoms with Crippen molar-refractivity contribution in [1.29, 1.82) is 0 Å². The normalized spacial score (nSPS) is 9.83. The monoisotopic (exact) mass is 250 g/mol. The molecule has 0 radical (unpaired) electrons. The predicted octanol–water partition coefficient (Wildman–Crippen LogP) is 2.49. The summed E-state index contributed by atoms with van der Waals surface area (Å²) in [5.74, 6) is -0.0312. The SMILES string of the molecule is O=[N+]([O-])c1ccc(Br)c(CCl)n1. The fourth-order valence-corrected chi connectivity index (χ4v) is 1.39. The first-order valence-corrected chi connectivity index (χ1v) is 4.33. The molecule has 0 saturated heterocycles. The summed E-state index contributed by atoms with van der Waals surface area (Å²) in [5, 5.41) is 10.3. The third-order valence-corrected chi connectivity index (χ3v) is 2.19. The predicted molar refractivity (Wildman–Crippen MR) is 48.1 cm³/mol. The van der Waals surface area contributed by atoms with E-state index in [0.29, 0.717) is 10.2 Å². The zero-order chi connectivity index (χ0) is 9.14. The summed E-state index contributed by atoms with van der Waals surface area (Å²) in [6, 6.07) is 2.88. The molecule has 0 bridgehead atoms. The summed E-state index contributed by atoms with van der Waals surface area (Å²) >= 11 is 8.66. The Balaban J connectivity index is 3.13. The van der Waals surface area contributed by atoms with Gasteiger partial charge in [-0.25, -0.2) is 0 Å². The van der Waals surface area contributed by atoms with Gasteiger partial charge in [-0.2, -0.15) is 0 Å². The summed E-state index contributed by atoms with van der Waals surface area (Å²) < 4.78 is 0.683. The van der Waals surface area contributed by atoms with Crippen molar-refractivity contribution in [1.82, 2.24) is 4.98 Å². The van der Waals surface area contributed by atoms with Crippen LogP contribution in [0.3, 0.4) is 0 Å². The number of aromatic nitrogens is 1. The Bertz CT molecular complexity index is 318. The van der Waals surface area contributed by atoms with Crippen LogP contribution in [-0.4, -0.2) is 9.91 Å². The van der Waals surface area contributed by atoms with Crippen LogP contribution in [-0.2, 0) is 5.88 Å². The van der Waals surface area contributed by atoms with Gasteiger partial charge >= 0.3 is 5.82 Å². The standard InChI is InChI=1S/C6H4BrClN2O2/c7-4-1-2-6(10(11)12)9-5(4)3-8/h1-2H,3H2. The number of nitro groups is 1. The smallest absolute Gasteiger partial charge is 0.358 e. The number of alkyl halides is 1. The highest BCUT2D eigenvalue weighted by Crippen LogP contribution is 2.19. The molecule has 4 nitrogen and oxygen atoms in total. The van der Waals surface area contributed by atoms with E-state index < -0.39 is 4.92 Å². The molecule has 0 aliphatic carbocycles. The van der Waals surface area contributed by atoms with Crippen LogP contribution in [0.5, 0.6) is 0 Å². The minimum absolute atomic E-state index is 0.155. The van der Waals surface area contributed by atoms with Gasteiger partial charge in [0.25, 0.3) is 0 Å². The van der Waals surface area contributed by atoms with Crippen molar-refractivity contribution in [2.24, 2.45) is 0 Å². The number of hydrogen-bond acceptors (Lipinski definition) is 3. The Labute approximate surface area is 81.8 Å². The molecular formula is C6H4BrClN2O2. The summed E-state index contributed by atoms with van der Waals surface area (Å²) in [5.41, 5.74) is 0.478. The maximum absolute atomic E-state index is 10.3. The average molecular weight is 251 g/mol. The van der Waals surface area contributed by atoms with Crippen molar-refractivity contribution in [3.63, 3.8) is 0 Å². The molecule has 6 heteroatoms. The minimum atomic E-state index is -0.553. The molecule has 1 heterocycles. The van der Waals surface area contributed by atoms with E-state index in [-0.39, 0.29) is 11.7 Å². The van der Waals surface area contributed by atoms with Gasteiger partial charge in [-0.05, 0) is 31.9 Å². The van der Waals surface area contributed by atoms with Gasteiger partial charge in [0.15, 0.2) is 5.69 Å². The largest absolute Gasteiger partial charge is 0.363 e. The lowest BCUT2D eigenvalue weighted by atomic mass is 10.4. The average Bonchev–Trinajstić information content (AvgIpc) is 2.05. The Morgan fingerprint density at radius 1 is 1.67 bits per heavy atom. The van der Waals surface area contributed by atoms with Crippen LogP contribution in [0.1, 0.15) is 5.69 Å². The molecule has 1 aromatic rings. The summed E-state index contributed by atoms with van der Waals surface area (Å²) in [4.78, 5) is 13.4. The topological polar surface area (TPSA) is 56.0 Å². The van der Waals surface area contributed by atoms with Gasteiger partial charge < -0.3 is 10.1 Å². The van der Waals surface area contributed by atoms with E-state index in [4.69, 9.17) is 11.6 Å². The van der Waals surface area contributed by atoms with Crippen molar-refractivity contribution in [2.45, 2.75) is 5.88 Å². The molecule has 0 amide bonds. The van der Waals surface area contributed by atoms with Gasteiger partial charge in [0.05, 0.1) is 10.4 Å². The lowest BCUT2D eigenvalue weighted by Gasteiger charge is -1.94. The van der Waals surface area contributed by atoms with E-state index in [1.54, 1.807) is 6.07 Å². The van der Waals surface area contributed by atoms with E-state index in [0.717, 1.165) is 0 Å². The molecule has 1 rings (SSSR count). The molecular weight excluding hydrogens is 247 g/mol. The zero-order valence-electron chi connectivity index (χ0n) is 5.83. The first-order valence-electron chi connectivity index (χ1n) is 3.01. The second-order valence-electron chi connectivity index (χ2n) is 1.99. The zero-order valence-corrected chi connectivity index (χ0v) is 8.17. The fraction of sp³-hybridized carbons (Fsp3) is 0.167. The molecule has 1 aromatic heterocycles. The second kappa shape index (κ2) is 3.82. The van der Waals surface area contributed by atoms with E-state index in [1.165, 1.54) is 6.07 Å². The van der Waals surface area contributed by atoms with Crippen molar-refractivity contribution in [3.05, 3.63) is 32.4 Å². The van der Waals surface area contributed by atoms with Crippen LogP contribution in [0.4, 0.5) is 5.82 Å². The highest BCUT2D eigenvalue weighted by molar-refractivity contribution is 9.10. The Hall–Kier alpha value is -0.680. The van der Waals surface area contributed by atoms with Crippen molar-refractivity contribution in [3.8, 4) is 0 Å². The second-order valence-corrected chi connectivity index (χ2v) is 3.11. The molecule has 0 aliphatic rings. The Morgan fingerprint density at radius 2 is 2.33 bits per heavy atom. The molecule has 0 spiro atoms. The Kier molecular flexibility index (Phi) is 2.99. The highest BCUT2D eigenvalue weighted by Gasteiger charge is 2.12. The van der Waals surface area contributed by atoms with Gasteiger partial charge in [0.1, 0.15) is 0 Å². The number of hydrogen-bond donors (Lipinski definition) is 0. The maximum Gasteiger partial charge on any atom is 0.363 e. The quantitative estimate of drug-likeness (QED) is 0.461. The lowest BCUT2D eigenvalue weighted by molar-refractivity contribution is -0.389. The fourth-order valence-electron chi connectivity index (χ4n) is 0.668. The van der Waals surface area contributed by atoms with Crippen molar-refractivity contribution < 1.29 is 4.92 Å². The number of nitrogens with zero attached hydrogens (tertiary/aromatic N) is 2. The number of pyridine rings is 1. The lowest BCUT2D eigenvalue weighted by Crippen LogP contribution is -1.95. The third kappa shape index (κ3) is 1.92. The first-order chi connectivity index (χ1) is 5.65. The van der Waals surface area contributed by atoms with E-state index in [1.807, 2.05) is 0 Å². The van der Waals surface area contributed by atoms with E-state index in [2.05, 4.69) is 20.9 Å². The first kappa shape index (κ1) is 9.41. The van der Waals surface area contributed by atoms with E-state index in [9.17, 15) is 10.1 Å². The van der Waals surface area contributed by atoms with Crippen molar-refractivity contribution >= 4 is 33.3 Å².